The van der Waals surface area contributed by atoms with E-state index in [1.54, 1.807) is 12.1 Å². The number of amides is 2. The summed E-state index contributed by atoms with van der Waals surface area (Å²) in [4.78, 5) is 27.8. The van der Waals surface area contributed by atoms with E-state index in [2.05, 4.69) is 5.32 Å². The van der Waals surface area contributed by atoms with E-state index in [1.165, 1.54) is 0 Å². The molecule has 2 heterocycles. The lowest BCUT2D eigenvalue weighted by Gasteiger charge is -2.19. The lowest BCUT2D eigenvalue weighted by molar-refractivity contribution is 0.0733. The summed E-state index contributed by atoms with van der Waals surface area (Å²) in [6.07, 6.45) is 4.27. The van der Waals surface area contributed by atoms with Crippen LogP contribution < -0.4 is 5.32 Å². The smallest absolute Gasteiger partial charge is 0.291 e. The molecule has 1 N–H and O–H groups in total. The molecule has 5 nitrogen and oxygen atoms in total. The Morgan fingerprint density at radius 2 is 1.61 bits per heavy atom. The first-order chi connectivity index (χ1) is 13.6. The number of benzene rings is 2. The lowest BCUT2D eigenvalue weighted by Crippen LogP contribution is -2.32. The molecule has 0 atom stereocenters. The number of fused-ring (bicyclic) bond motifs is 1. The molecule has 0 spiro atoms. The van der Waals surface area contributed by atoms with Gasteiger partial charge in [0.15, 0.2) is 0 Å². The molecule has 1 saturated heterocycles. The van der Waals surface area contributed by atoms with Crippen LogP contribution in [0.5, 0.6) is 0 Å². The number of carbonyl (C=O) groups is 2. The van der Waals surface area contributed by atoms with Crippen molar-refractivity contribution in [1.29, 1.82) is 0 Å². The maximum absolute atomic E-state index is 13.2. The number of para-hydroxylation sites is 1. The van der Waals surface area contributed by atoms with Gasteiger partial charge >= 0.3 is 0 Å². The van der Waals surface area contributed by atoms with Crippen LogP contribution in [-0.2, 0) is 0 Å². The fraction of sp³-hybridized carbons (Fsp3) is 0.304. The molecule has 4 rings (SSSR count). The van der Waals surface area contributed by atoms with Crippen LogP contribution in [0.1, 0.15) is 52.2 Å². The van der Waals surface area contributed by atoms with Gasteiger partial charge in [0.25, 0.3) is 11.8 Å². The summed E-state index contributed by atoms with van der Waals surface area (Å²) in [6.45, 7) is 3.42. The Labute approximate surface area is 164 Å². The Kier molecular flexibility index (Phi) is 5.15. The average Bonchev–Trinajstić information content (AvgIpc) is 2.88. The van der Waals surface area contributed by atoms with Crippen molar-refractivity contribution in [1.82, 2.24) is 4.90 Å². The highest BCUT2D eigenvalue weighted by molar-refractivity contribution is 6.14. The fourth-order valence-electron chi connectivity index (χ4n) is 3.63. The van der Waals surface area contributed by atoms with Gasteiger partial charge in [0, 0.05) is 24.0 Å². The van der Waals surface area contributed by atoms with Gasteiger partial charge in [-0.15, -0.1) is 0 Å². The van der Waals surface area contributed by atoms with Crippen molar-refractivity contribution < 1.29 is 14.0 Å². The van der Waals surface area contributed by atoms with Crippen LogP contribution in [0.15, 0.2) is 52.9 Å². The number of hydrogen-bond acceptors (Lipinski definition) is 3. The normalized spacial score (nSPS) is 14.7. The molecule has 1 fully saturated rings. The third-order valence-electron chi connectivity index (χ3n) is 5.24. The summed E-state index contributed by atoms with van der Waals surface area (Å²) in [6, 6.07) is 14.8. The van der Waals surface area contributed by atoms with Gasteiger partial charge in [0.1, 0.15) is 11.3 Å². The van der Waals surface area contributed by atoms with Crippen molar-refractivity contribution in [3.05, 3.63) is 65.4 Å². The monoisotopic (exact) mass is 376 g/mol. The van der Waals surface area contributed by atoms with E-state index in [4.69, 9.17) is 4.42 Å². The van der Waals surface area contributed by atoms with Crippen LogP contribution in [0.4, 0.5) is 5.69 Å². The minimum atomic E-state index is -0.253. The van der Waals surface area contributed by atoms with Crippen molar-refractivity contribution in [2.75, 3.05) is 18.4 Å². The Hall–Kier alpha value is -3.08. The highest BCUT2D eigenvalue weighted by Crippen LogP contribution is 2.32. The van der Waals surface area contributed by atoms with Gasteiger partial charge in [0.2, 0.25) is 5.76 Å². The second-order valence-corrected chi connectivity index (χ2v) is 7.33. The maximum Gasteiger partial charge on any atom is 0.291 e. The lowest BCUT2D eigenvalue weighted by atomic mass is 10.1. The zero-order chi connectivity index (χ0) is 19.5. The van der Waals surface area contributed by atoms with E-state index in [9.17, 15) is 9.59 Å². The molecule has 1 aliphatic heterocycles. The molecule has 144 valence electrons. The predicted molar refractivity (Wildman–Crippen MR) is 110 cm³/mol. The molecule has 2 amide bonds. The number of nitrogens with zero attached hydrogens (tertiary/aromatic N) is 1. The van der Waals surface area contributed by atoms with Gasteiger partial charge in [-0.1, -0.05) is 42.7 Å². The van der Waals surface area contributed by atoms with Gasteiger partial charge in [-0.05, 0) is 44.0 Å². The average molecular weight is 376 g/mol. The number of carbonyl (C=O) groups excluding carboxylic acids is 2. The summed E-state index contributed by atoms with van der Waals surface area (Å²) >= 11 is 0. The van der Waals surface area contributed by atoms with Gasteiger partial charge < -0.3 is 14.6 Å². The molecule has 0 unspecified atom stereocenters. The Morgan fingerprint density at radius 3 is 2.32 bits per heavy atom. The third-order valence-corrected chi connectivity index (χ3v) is 5.24. The molecular formula is C23H24N2O3. The largest absolute Gasteiger partial charge is 0.449 e. The Bertz CT molecular complexity index is 996. The minimum absolute atomic E-state index is 0.155. The minimum Gasteiger partial charge on any atom is -0.449 e. The molecule has 0 radical (unpaired) electrons. The van der Waals surface area contributed by atoms with Crippen molar-refractivity contribution in [3.8, 4) is 0 Å². The number of rotatable bonds is 3. The molecule has 5 heteroatoms. The van der Waals surface area contributed by atoms with E-state index < -0.39 is 0 Å². The maximum atomic E-state index is 13.2. The van der Waals surface area contributed by atoms with E-state index >= 15 is 0 Å². The van der Waals surface area contributed by atoms with Gasteiger partial charge in [0.05, 0.1) is 0 Å². The molecule has 0 saturated carbocycles. The van der Waals surface area contributed by atoms with Crippen LogP contribution in [0, 0.1) is 6.92 Å². The van der Waals surface area contributed by atoms with Crippen molar-refractivity contribution >= 4 is 28.5 Å². The highest BCUT2D eigenvalue weighted by atomic mass is 16.3. The van der Waals surface area contributed by atoms with Crippen molar-refractivity contribution in [3.63, 3.8) is 0 Å². The molecule has 1 aromatic heterocycles. The Morgan fingerprint density at radius 1 is 0.929 bits per heavy atom. The van der Waals surface area contributed by atoms with E-state index in [0.717, 1.165) is 49.7 Å². The predicted octanol–water partition coefficient (Wildman–Crippen LogP) is 5.01. The van der Waals surface area contributed by atoms with Gasteiger partial charge in [-0.2, -0.15) is 0 Å². The summed E-state index contributed by atoms with van der Waals surface area (Å²) in [7, 11) is 0. The third kappa shape index (κ3) is 3.65. The fourth-order valence-corrected chi connectivity index (χ4v) is 3.63. The zero-order valence-electron chi connectivity index (χ0n) is 16.0. The number of furan rings is 1. The molecular weight excluding hydrogens is 352 g/mol. The standard InChI is InChI=1S/C23H24N2O3/c1-16-10-12-17(13-11-16)22(26)24-20-18-8-4-5-9-19(18)28-21(20)23(27)25-14-6-2-3-7-15-25/h4-5,8-13H,2-3,6-7,14-15H2,1H3,(H,24,26). The highest BCUT2D eigenvalue weighted by Gasteiger charge is 2.27. The van der Waals surface area contributed by atoms with E-state index in [-0.39, 0.29) is 17.6 Å². The summed E-state index contributed by atoms with van der Waals surface area (Å²) in [5, 5.41) is 3.66. The summed E-state index contributed by atoms with van der Waals surface area (Å²) in [5.74, 6) is -0.197. The zero-order valence-corrected chi connectivity index (χ0v) is 16.0. The molecule has 28 heavy (non-hydrogen) atoms. The van der Waals surface area contributed by atoms with Crippen LogP contribution >= 0.6 is 0 Å². The molecule has 3 aromatic rings. The first-order valence-corrected chi connectivity index (χ1v) is 9.82. The van der Waals surface area contributed by atoms with E-state index in [0.29, 0.717) is 16.8 Å². The number of nitrogens with one attached hydrogen (secondary N) is 1. The summed E-state index contributed by atoms with van der Waals surface area (Å²) in [5.41, 5.74) is 2.68. The number of anilines is 1. The topological polar surface area (TPSA) is 62.6 Å². The van der Waals surface area contributed by atoms with Crippen molar-refractivity contribution in [2.45, 2.75) is 32.6 Å². The van der Waals surface area contributed by atoms with Crippen LogP contribution in [-0.4, -0.2) is 29.8 Å². The molecule has 2 aromatic carbocycles. The van der Waals surface area contributed by atoms with Gasteiger partial charge in [-0.3, -0.25) is 9.59 Å². The SMILES string of the molecule is Cc1ccc(C(=O)Nc2c(C(=O)N3CCCCCC3)oc3ccccc23)cc1. The van der Waals surface area contributed by atoms with Crippen LogP contribution in [0.2, 0.25) is 0 Å². The van der Waals surface area contributed by atoms with Crippen molar-refractivity contribution in [2.24, 2.45) is 0 Å². The van der Waals surface area contributed by atoms with Crippen LogP contribution in [0.25, 0.3) is 11.0 Å². The first kappa shape index (κ1) is 18.3. The molecule has 1 aliphatic rings. The van der Waals surface area contributed by atoms with Crippen LogP contribution in [0.3, 0.4) is 0 Å². The first-order valence-electron chi connectivity index (χ1n) is 9.82. The molecule has 0 bridgehead atoms. The van der Waals surface area contributed by atoms with Gasteiger partial charge in [-0.25, -0.2) is 0 Å². The molecule has 0 aliphatic carbocycles. The number of aryl methyl sites for hydroxylation is 1. The summed E-state index contributed by atoms with van der Waals surface area (Å²) < 4.78 is 5.90. The quantitative estimate of drug-likeness (QED) is 0.699. The Balaban J connectivity index is 1.69. The second kappa shape index (κ2) is 7.89. The second-order valence-electron chi connectivity index (χ2n) is 7.33. The van der Waals surface area contributed by atoms with E-state index in [1.807, 2.05) is 48.2 Å². The number of hydrogen-bond donors (Lipinski definition) is 1. The number of likely N-dealkylation sites (tertiary alicyclic amines) is 1.